The third-order valence-electron chi connectivity index (χ3n) is 6.69. The summed E-state index contributed by atoms with van der Waals surface area (Å²) in [5.41, 5.74) is 0.756. The van der Waals surface area contributed by atoms with E-state index in [1.165, 1.54) is 20.0 Å². The SMILES string of the molecule is COc1nc(C)ccc1S(=O)(=O)N1[C@@H]2CC[C@H]1C[C@H](N1CCC(C)CC1)C2. The molecule has 0 amide bonds. The first-order chi connectivity index (χ1) is 12.9. The van der Waals surface area contributed by atoms with Gasteiger partial charge in [-0.3, -0.25) is 0 Å². The molecule has 0 aromatic carbocycles. The summed E-state index contributed by atoms with van der Waals surface area (Å²) in [5, 5.41) is 0. The summed E-state index contributed by atoms with van der Waals surface area (Å²) in [4.78, 5) is 7.10. The van der Waals surface area contributed by atoms with E-state index in [0.29, 0.717) is 6.04 Å². The van der Waals surface area contributed by atoms with E-state index in [9.17, 15) is 8.42 Å². The van der Waals surface area contributed by atoms with Gasteiger partial charge in [-0.05, 0) is 76.6 Å². The Morgan fingerprint density at radius 1 is 1.04 bits per heavy atom. The topological polar surface area (TPSA) is 62.7 Å². The maximum Gasteiger partial charge on any atom is 0.248 e. The molecule has 3 atom stereocenters. The first-order valence-electron chi connectivity index (χ1n) is 10.2. The number of piperidine rings is 2. The van der Waals surface area contributed by atoms with Gasteiger partial charge in [0.25, 0.3) is 0 Å². The second kappa shape index (κ2) is 7.33. The van der Waals surface area contributed by atoms with E-state index < -0.39 is 10.0 Å². The monoisotopic (exact) mass is 393 g/mol. The van der Waals surface area contributed by atoms with Crippen LogP contribution in [-0.4, -0.2) is 60.9 Å². The maximum atomic E-state index is 13.5. The summed E-state index contributed by atoms with van der Waals surface area (Å²) < 4.78 is 34.0. The summed E-state index contributed by atoms with van der Waals surface area (Å²) >= 11 is 0. The zero-order valence-electron chi connectivity index (χ0n) is 16.6. The summed E-state index contributed by atoms with van der Waals surface area (Å²) in [6, 6.07) is 4.13. The highest BCUT2D eigenvalue weighted by Crippen LogP contribution is 2.42. The van der Waals surface area contributed by atoms with Crippen molar-refractivity contribution in [2.24, 2.45) is 5.92 Å². The molecular weight excluding hydrogens is 362 g/mol. The molecule has 3 fully saturated rings. The van der Waals surface area contributed by atoms with Gasteiger partial charge in [-0.2, -0.15) is 4.31 Å². The van der Waals surface area contributed by atoms with E-state index in [1.807, 2.05) is 6.92 Å². The van der Waals surface area contributed by atoms with Crippen molar-refractivity contribution in [3.63, 3.8) is 0 Å². The lowest BCUT2D eigenvalue weighted by Gasteiger charge is -2.44. The molecular formula is C20H31N3O3S. The predicted molar refractivity (Wildman–Crippen MR) is 104 cm³/mol. The molecule has 1 aromatic rings. The van der Waals surface area contributed by atoms with Gasteiger partial charge in [0.2, 0.25) is 15.9 Å². The fourth-order valence-electron chi connectivity index (χ4n) is 5.17. The van der Waals surface area contributed by atoms with Gasteiger partial charge in [-0.15, -0.1) is 0 Å². The number of aromatic nitrogens is 1. The van der Waals surface area contributed by atoms with Gasteiger partial charge in [0, 0.05) is 23.8 Å². The van der Waals surface area contributed by atoms with E-state index in [0.717, 1.165) is 50.4 Å². The van der Waals surface area contributed by atoms with Crippen molar-refractivity contribution in [2.45, 2.75) is 75.4 Å². The van der Waals surface area contributed by atoms with Crippen LogP contribution in [0.2, 0.25) is 0 Å². The lowest BCUT2D eigenvalue weighted by Crippen LogP contribution is -2.53. The Morgan fingerprint density at radius 3 is 2.26 bits per heavy atom. The van der Waals surface area contributed by atoms with Gasteiger partial charge in [-0.1, -0.05) is 6.92 Å². The Bertz CT molecular complexity index is 776. The largest absolute Gasteiger partial charge is 0.480 e. The van der Waals surface area contributed by atoms with Crippen LogP contribution in [0, 0.1) is 12.8 Å². The summed E-state index contributed by atoms with van der Waals surface area (Å²) in [7, 11) is -2.11. The Morgan fingerprint density at radius 2 is 1.67 bits per heavy atom. The maximum absolute atomic E-state index is 13.5. The molecule has 3 aliphatic heterocycles. The molecule has 0 aliphatic carbocycles. The third-order valence-corrected chi connectivity index (χ3v) is 8.71. The van der Waals surface area contributed by atoms with Crippen LogP contribution in [0.25, 0.3) is 0 Å². The van der Waals surface area contributed by atoms with Crippen LogP contribution in [0.5, 0.6) is 5.88 Å². The van der Waals surface area contributed by atoms with Gasteiger partial charge in [0.1, 0.15) is 4.90 Å². The number of hydrogen-bond donors (Lipinski definition) is 0. The summed E-state index contributed by atoms with van der Waals surface area (Å²) in [6.07, 6.45) is 6.36. The molecule has 3 aliphatic rings. The van der Waals surface area contributed by atoms with Gasteiger partial charge in [0.15, 0.2) is 0 Å². The van der Waals surface area contributed by atoms with Crippen molar-refractivity contribution in [1.29, 1.82) is 0 Å². The smallest absolute Gasteiger partial charge is 0.248 e. The number of sulfonamides is 1. The molecule has 2 bridgehead atoms. The highest BCUT2D eigenvalue weighted by molar-refractivity contribution is 7.89. The average Bonchev–Trinajstić information content (AvgIpc) is 2.93. The minimum absolute atomic E-state index is 0.101. The molecule has 0 saturated carbocycles. The summed E-state index contributed by atoms with van der Waals surface area (Å²) in [6.45, 7) is 6.49. The number of fused-ring (bicyclic) bond motifs is 2. The van der Waals surface area contributed by atoms with Crippen molar-refractivity contribution in [3.8, 4) is 5.88 Å². The number of methoxy groups -OCH3 is 1. The van der Waals surface area contributed by atoms with Gasteiger partial charge >= 0.3 is 0 Å². The molecule has 0 unspecified atom stereocenters. The van der Waals surface area contributed by atoms with Crippen LogP contribution in [0.15, 0.2) is 17.0 Å². The molecule has 4 rings (SSSR count). The van der Waals surface area contributed by atoms with E-state index in [2.05, 4.69) is 16.8 Å². The molecule has 0 N–H and O–H groups in total. The molecule has 3 saturated heterocycles. The first kappa shape index (κ1) is 19.2. The Labute approximate surface area is 163 Å². The number of likely N-dealkylation sites (tertiary alicyclic amines) is 1. The molecule has 0 spiro atoms. The second-order valence-corrected chi connectivity index (χ2v) is 10.3. The molecule has 150 valence electrons. The number of hydrogen-bond acceptors (Lipinski definition) is 5. The molecule has 4 heterocycles. The van der Waals surface area contributed by atoms with E-state index >= 15 is 0 Å². The van der Waals surface area contributed by atoms with Crippen LogP contribution in [-0.2, 0) is 10.0 Å². The third kappa shape index (κ3) is 3.49. The normalized spacial score (nSPS) is 30.6. The zero-order valence-corrected chi connectivity index (χ0v) is 17.4. The molecule has 27 heavy (non-hydrogen) atoms. The van der Waals surface area contributed by atoms with Gasteiger partial charge in [-0.25, -0.2) is 13.4 Å². The predicted octanol–water partition coefficient (Wildman–Crippen LogP) is 2.81. The molecule has 1 aromatic heterocycles. The van der Waals surface area contributed by atoms with Crippen LogP contribution in [0.1, 0.15) is 51.1 Å². The summed E-state index contributed by atoms with van der Waals surface area (Å²) in [5.74, 6) is 1.03. The fraction of sp³-hybridized carbons (Fsp3) is 0.750. The van der Waals surface area contributed by atoms with Crippen molar-refractivity contribution in [3.05, 3.63) is 17.8 Å². The second-order valence-electron chi connectivity index (χ2n) is 8.52. The highest BCUT2D eigenvalue weighted by atomic mass is 32.2. The lowest BCUT2D eigenvalue weighted by atomic mass is 9.93. The van der Waals surface area contributed by atoms with Crippen molar-refractivity contribution < 1.29 is 13.2 Å². The first-order valence-corrected chi connectivity index (χ1v) is 11.6. The number of ether oxygens (including phenoxy) is 1. The van der Waals surface area contributed by atoms with E-state index in [-0.39, 0.29) is 22.9 Å². The van der Waals surface area contributed by atoms with Crippen molar-refractivity contribution in [1.82, 2.24) is 14.2 Å². The Kier molecular flexibility index (Phi) is 5.20. The average molecular weight is 394 g/mol. The van der Waals surface area contributed by atoms with Crippen LogP contribution in [0.4, 0.5) is 0 Å². The number of aryl methyl sites for hydroxylation is 1. The number of nitrogens with zero attached hydrogens (tertiary/aromatic N) is 3. The Balaban J connectivity index is 1.56. The van der Waals surface area contributed by atoms with E-state index in [1.54, 1.807) is 16.4 Å². The van der Waals surface area contributed by atoms with Gasteiger partial charge in [0.05, 0.1) is 7.11 Å². The number of pyridine rings is 1. The van der Waals surface area contributed by atoms with Crippen molar-refractivity contribution in [2.75, 3.05) is 20.2 Å². The molecule has 6 nitrogen and oxygen atoms in total. The zero-order chi connectivity index (χ0) is 19.2. The standard InChI is InChI=1S/C20H31N3O3S/c1-14-8-10-22(11-9-14)18-12-16-5-6-17(13-18)23(16)27(24,25)19-7-4-15(2)21-20(19)26-3/h4,7,14,16-18H,5-6,8-13H2,1-3H3/t16-,17+,18-. The van der Waals surface area contributed by atoms with Crippen LogP contribution in [0.3, 0.4) is 0 Å². The molecule has 0 radical (unpaired) electrons. The highest BCUT2D eigenvalue weighted by Gasteiger charge is 2.49. The van der Waals surface area contributed by atoms with Crippen LogP contribution >= 0.6 is 0 Å². The molecule has 7 heteroatoms. The van der Waals surface area contributed by atoms with Crippen molar-refractivity contribution >= 4 is 10.0 Å². The minimum atomic E-state index is -3.59. The van der Waals surface area contributed by atoms with Gasteiger partial charge < -0.3 is 9.64 Å². The minimum Gasteiger partial charge on any atom is -0.480 e. The van der Waals surface area contributed by atoms with Crippen LogP contribution < -0.4 is 4.74 Å². The lowest BCUT2D eigenvalue weighted by molar-refractivity contribution is 0.0759. The van der Waals surface area contributed by atoms with E-state index in [4.69, 9.17) is 4.74 Å². The fourth-order valence-corrected chi connectivity index (χ4v) is 7.15. The number of rotatable bonds is 4. The quantitative estimate of drug-likeness (QED) is 0.787. The Hall–Kier alpha value is -1.18.